The van der Waals surface area contributed by atoms with Crippen molar-refractivity contribution in [1.29, 1.82) is 0 Å². The van der Waals surface area contributed by atoms with Gasteiger partial charge in [-0.15, -0.1) is 0 Å². The van der Waals surface area contributed by atoms with Crippen LogP contribution in [0.5, 0.6) is 0 Å². The van der Waals surface area contributed by atoms with Gasteiger partial charge < -0.3 is 5.73 Å². The van der Waals surface area contributed by atoms with E-state index in [9.17, 15) is 17.2 Å². The normalized spacial score (nSPS) is 13.1. The number of benzene rings is 2. The summed E-state index contributed by atoms with van der Waals surface area (Å²) in [7, 11) is -4.08. The molecule has 4 nitrogen and oxygen atoms in total. The van der Waals surface area contributed by atoms with Crippen molar-refractivity contribution in [1.82, 2.24) is 4.72 Å². The predicted molar refractivity (Wildman–Crippen MR) is 74.9 cm³/mol. The third-order valence-electron chi connectivity index (χ3n) is 2.90. The second-order valence-corrected chi connectivity index (χ2v) is 6.18. The Hall–Kier alpha value is -1.83. The van der Waals surface area contributed by atoms with E-state index in [1.165, 1.54) is 0 Å². The van der Waals surface area contributed by atoms with E-state index in [1.807, 2.05) is 6.07 Å². The van der Waals surface area contributed by atoms with E-state index in [2.05, 4.69) is 4.72 Å². The first-order chi connectivity index (χ1) is 9.90. The lowest BCUT2D eigenvalue weighted by Crippen LogP contribution is -2.32. The van der Waals surface area contributed by atoms with Crippen molar-refractivity contribution in [2.24, 2.45) is 5.73 Å². The van der Waals surface area contributed by atoms with Gasteiger partial charge >= 0.3 is 0 Å². The van der Waals surface area contributed by atoms with Crippen LogP contribution >= 0.6 is 0 Å². The molecule has 1 atom stereocenters. The maximum Gasteiger partial charge on any atom is 0.243 e. The zero-order chi connectivity index (χ0) is 15.5. The molecule has 1 unspecified atom stereocenters. The quantitative estimate of drug-likeness (QED) is 0.886. The molecule has 2 rings (SSSR count). The van der Waals surface area contributed by atoms with E-state index in [0.29, 0.717) is 6.07 Å². The Labute approximate surface area is 121 Å². The summed E-state index contributed by atoms with van der Waals surface area (Å²) >= 11 is 0. The molecule has 7 heteroatoms. The van der Waals surface area contributed by atoms with Gasteiger partial charge in [0.1, 0.15) is 16.5 Å². The lowest BCUT2D eigenvalue weighted by molar-refractivity contribution is 0.539. The Balaban J connectivity index is 2.11. The fourth-order valence-corrected chi connectivity index (χ4v) is 2.91. The average molecular weight is 312 g/mol. The molecule has 0 saturated carbocycles. The van der Waals surface area contributed by atoms with E-state index >= 15 is 0 Å². The zero-order valence-corrected chi connectivity index (χ0v) is 11.8. The average Bonchev–Trinajstić information content (AvgIpc) is 2.45. The molecule has 0 aliphatic heterocycles. The summed E-state index contributed by atoms with van der Waals surface area (Å²) in [6.07, 6.45) is 0. The standard InChI is InChI=1S/C14H14F2N2O2S/c15-11-6-7-14(12(16)8-11)21(19,20)18-9-13(17)10-4-2-1-3-5-10/h1-8,13,18H,9,17H2. The second-order valence-electron chi connectivity index (χ2n) is 4.44. The van der Waals surface area contributed by atoms with Gasteiger partial charge in [0.05, 0.1) is 0 Å². The summed E-state index contributed by atoms with van der Waals surface area (Å²) in [5.74, 6) is -1.98. The van der Waals surface area contributed by atoms with Crippen molar-refractivity contribution in [3.05, 3.63) is 65.7 Å². The molecule has 3 N–H and O–H groups in total. The van der Waals surface area contributed by atoms with Crippen LogP contribution in [0.4, 0.5) is 8.78 Å². The summed E-state index contributed by atoms with van der Waals surface area (Å²) in [6.45, 7) is -0.0941. The zero-order valence-electron chi connectivity index (χ0n) is 11.0. The Morgan fingerprint density at radius 1 is 1.10 bits per heavy atom. The molecular weight excluding hydrogens is 298 g/mol. The summed E-state index contributed by atoms with van der Waals surface area (Å²) < 4.78 is 52.5. The minimum atomic E-state index is -4.08. The summed E-state index contributed by atoms with van der Waals surface area (Å²) in [6, 6.07) is 10.6. The van der Waals surface area contributed by atoms with Gasteiger partial charge in [0, 0.05) is 18.7 Å². The first kappa shape index (κ1) is 15.6. The summed E-state index contributed by atoms with van der Waals surface area (Å²) in [4.78, 5) is -0.607. The number of halogens is 2. The van der Waals surface area contributed by atoms with Crippen LogP contribution in [0, 0.1) is 11.6 Å². The van der Waals surface area contributed by atoms with Crippen molar-refractivity contribution in [3.63, 3.8) is 0 Å². The Bertz CT molecular complexity index is 721. The molecule has 0 aliphatic rings. The van der Waals surface area contributed by atoms with Gasteiger partial charge in [0.15, 0.2) is 0 Å². The van der Waals surface area contributed by atoms with Gasteiger partial charge in [-0.25, -0.2) is 21.9 Å². The molecule has 0 radical (unpaired) electrons. The van der Waals surface area contributed by atoms with Crippen molar-refractivity contribution in [2.45, 2.75) is 10.9 Å². The van der Waals surface area contributed by atoms with Crippen LogP contribution in [0.2, 0.25) is 0 Å². The smallest absolute Gasteiger partial charge is 0.243 e. The first-order valence-electron chi connectivity index (χ1n) is 6.15. The van der Waals surface area contributed by atoms with E-state index in [1.54, 1.807) is 24.3 Å². The molecule has 112 valence electrons. The number of sulfonamides is 1. The van der Waals surface area contributed by atoms with Crippen LogP contribution in [0.1, 0.15) is 11.6 Å². The van der Waals surface area contributed by atoms with E-state index in [0.717, 1.165) is 17.7 Å². The highest BCUT2D eigenvalue weighted by Crippen LogP contribution is 2.16. The Morgan fingerprint density at radius 2 is 1.76 bits per heavy atom. The van der Waals surface area contributed by atoms with Crippen LogP contribution in [0.3, 0.4) is 0 Å². The largest absolute Gasteiger partial charge is 0.323 e. The molecule has 0 bridgehead atoms. The van der Waals surface area contributed by atoms with Gasteiger partial charge in [0.2, 0.25) is 10.0 Å². The molecule has 0 heterocycles. The molecule has 2 aromatic carbocycles. The van der Waals surface area contributed by atoms with Crippen molar-refractivity contribution >= 4 is 10.0 Å². The van der Waals surface area contributed by atoms with Crippen molar-refractivity contribution < 1.29 is 17.2 Å². The van der Waals surface area contributed by atoms with Gasteiger partial charge in [0.25, 0.3) is 0 Å². The maximum absolute atomic E-state index is 13.5. The first-order valence-corrected chi connectivity index (χ1v) is 7.64. The van der Waals surface area contributed by atoms with E-state index < -0.39 is 32.6 Å². The SMILES string of the molecule is NC(CNS(=O)(=O)c1ccc(F)cc1F)c1ccccc1. The highest BCUT2D eigenvalue weighted by Gasteiger charge is 2.20. The lowest BCUT2D eigenvalue weighted by atomic mass is 10.1. The second kappa shape index (κ2) is 6.30. The predicted octanol–water partition coefficient (Wildman–Crippen LogP) is 1.94. The number of rotatable bonds is 5. The third-order valence-corrected chi connectivity index (χ3v) is 4.36. The lowest BCUT2D eigenvalue weighted by Gasteiger charge is -2.13. The van der Waals surface area contributed by atoms with Crippen LogP contribution in [-0.2, 0) is 10.0 Å². The summed E-state index contributed by atoms with van der Waals surface area (Å²) in [5, 5.41) is 0. The fraction of sp³-hybridized carbons (Fsp3) is 0.143. The minimum absolute atomic E-state index is 0.0941. The minimum Gasteiger partial charge on any atom is -0.323 e. The third kappa shape index (κ3) is 3.84. The van der Waals surface area contributed by atoms with Gasteiger partial charge in [-0.1, -0.05) is 30.3 Å². The Morgan fingerprint density at radius 3 is 2.38 bits per heavy atom. The number of hydrogen-bond acceptors (Lipinski definition) is 3. The molecular formula is C14H14F2N2O2S. The molecule has 0 fully saturated rings. The number of nitrogens with one attached hydrogen (secondary N) is 1. The fourth-order valence-electron chi connectivity index (χ4n) is 1.79. The Kier molecular flexibility index (Phi) is 4.66. The number of nitrogens with two attached hydrogens (primary N) is 1. The van der Waals surface area contributed by atoms with Crippen molar-refractivity contribution in [3.8, 4) is 0 Å². The van der Waals surface area contributed by atoms with Gasteiger partial charge in [-0.2, -0.15) is 0 Å². The molecule has 2 aromatic rings. The summed E-state index contributed by atoms with van der Waals surface area (Å²) in [5.41, 5.74) is 6.61. The van der Waals surface area contributed by atoms with Gasteiger partial charge in [-0.05, 0) is 17.7 Å². The molecule has 0 amide bonds. The molecule has 0 spiro atoms. The van der Waals surface area contributed by atoms with Crippen LogP contribution in [0.25, 0.3) is 0 Å². The molecule has 0 aliphatic carbocycles. The van der Waals surface area contributed by atoms with Crippen LogP contribution < -0.4 is 10.5 Å². The molecule has 0 saturated heterocycles. The maximum atomic E-state index is 13.5. The topological polar surface area (TPSA) is 72.2 Å². The molecule has 21 heavy (non-hydrogen) atoms. The van der Waals surface area contributed by atoms with Gasteiger partial charge in [-0.3, -0.25) is 0 Å². The monoisotopic (exact) mass is 312 g/mol. The number of hydrogen-bond donors (Lipinski definition) is 2. The van der Waals surface area contributed by atoms with E-state index in [-0.39, 0.29) is 6.54 Å². The van der Waals surface area contributed by atoms with Crippen LogP contribution in [0.15, 0.2) is 53.4 Å². The highest BCUT2D eigenvalue weighted by atomic mass is 32.2. The van der Waals surface area contributed by atoms with Crippen molar-refractivity contribution in [2.75, 3.05) is 6.54 Å². The highest BCUT2D eigenvalue weighted by molar-refractivity contribution is 7.89. The molecule has 0 aromatic heterocycles. The van der Waals surface area contributed by atoms with E-state index in [4.69, 9.17) is 5.73 Å². The van der Waals surface area contributed by atoms with Crippen LogP contribution in [-0.4, -0.2) is 15.0 Å².